The van der Waals surface area contributed by atoms with E-state index in [9.17, 15) is 13.6 Å². The summed E-state index contributed by atoms with van der Waals surface area (Å²) in [6, 6.07) is 14.4. The highest BCUT2D eigenvalue weighted by molar-refractivity contribution is 6.30. The molecule has 3 rings (SSSR count). The van der Waals surface area contributed by atoms with Gasteiger partial charge in [-0.2, -0.15) is 0 Å². The zero-order valence-corrected chi connectivity index (χ0v) is 18.8. The molecule has 4 nitrogen and oxygen atoms in total. The predicted octanol–water partition coefficient (Wildman–Crippen LogP) is 6.72. The number of nitrogens with zero attached hydrogens (tertiary/aromatic N) is 2. The van der Waals surface area contributed by atoms with Crippen molar-refractivity contribution in [3.8, 4) is 0 Å². The molecule has 0 fully saturated rings. The van der Waals surface area contributed by atoms with Gasteiger partial charge in [0, 0.05) is 35.7 Å². The quantitative estimate of drug-likeness (QED) is 0.412. The lowest BCUT2D eigenvalue weighted by atomic mass is 10.1. The van der Waals surface area contributed by atoms with Crippen LogP contribution >= 0.6 is 11.6 Å². The molecule has 0 unspecified atom stereocenters. The molecule has 1 aliphatic rings. The van der Waals surface area contributed by atoms with Gasteiger partial charge < -0.3 is 9.64 Å². The van der Waals surface area contributed by atoms with E-state index in [2.05, 4.69) is 6.58 Å². The first-order valence-corrected chi connectivity index (χ1v) is 10.6. The van der Waals surface area contributed by atoms with Gasteiger partial charge in [0.1, 0.15) is 5.84 Å². The van der Waals surface area contributed by atoms with Gasteiger partial charge in [0.05, 0.1) is 18.4 Å². The Labute approximate surface area is 191 Å². The third-order valence-corrected chi connectivity index (χ3v) is 5.31. The number of alkyl halides is 2. The maximum Gasteiger partial charge on any atom is 0.337 e. The second-order valence-electron chi connectivity index (χ2n) is 7.76. The van der Waals surface area contributed by atoms with Crippen molar-refractivity contribution in [1.29, 1.82) is 0 Å². The standard InChI is InChI=1S/C25H25ClF2N2O2/c1-17-14-22(19-9-11-21(26)12-10-19)29-23(8-5-13-25(2,27)28)30(17)16-18-6-4-7-20(15-18)24(31)32-3/h4,6-7,9-12,14-15H,1,5,8,13,16H2,2-3H3. The lowest BCUT2D eigenvalue weighted by molar-refractivity contribution is 0.0114. The SMILES string of the molecule is C=C1C=C(c2ccc(Cl)cc2)N=C(CCCC(C)(F)F)N1Cc1cccc(C(=O)OC)c1. The summed E-state index contributed by atoms with van der Waals surface area (Å²) < 4.78 is 31.6. The van der Waals surface area contributed by atoms with Gasteiger partial charge in [0.2, 0.25) is 5.92 Å². The molecular weight excluding hydrogens is 434 g/mol. The van der Waals surface area contributed by atoms with Crippen molar-refractivity contribution in [3.05, 3.63) is 88.6 Å². The minimum Gasteiger partial charge on any atom is -0.465 e. The van der Waals surface area contributed by atoms with E-state index in [1.807, 2.05) is 29.2 Å². The molecule has 0 bridgehead atoms. The van der Waals surface area contributed by atoms with Crippen molar-refractivity contribution in [2.45, 2.75) is 38.7 Å². The number of amidine groups is 1. The van der Waals surface area contributed by atoms with E-state index in [0.29, 0.717) is 40.8 Å². The van der Waals surface area contributed by atoms with Crippen molar-refractivity contribution >= 4 is 29.1 Å². The summed E-state index contributed by atoms with van der Waals surface area (Å²) in [4.78, 5) is 18.5. The van der Waals surface area contributed by atoms with Crippen LogP contribution in [0.3, 0.4) is 0 Å². The number of rotatable bonds is 8. The van der Waals surface area contributed by atoms with E-state index in [1.54, 1.807) is 30.3 Å². The minimum atomic E-state index is -2.74. The van der Waals surface area contributed by atoms with Gasteiger partial charge in [-0.3, -0.25) is 0 Å². The molecule has 7 heteroatoms. The molecule has 32 heavy (non-hydrogen) atoms. The van der Waals surface area contributed by atoms with E-state index in [4.69, 9.17) is 21.3 Å². The van der Waals surface area contributed by atoms with Crippen LogP contribution in [0.1, 0.15) is 47.7 Å². The highest BCUT2D eigenvalue weighted by atomic mass is 35.5. The third kappa shape index (κ3) is 6.26. The zero-order valence-electron chi connectivity index (χ0n) is 18.1. The lowest BCUT2D eigenvalue weighted by Crippen LogP contribution is -2.31. The first-order chi connectivity index (χ1) is 15.2. The van der Waals surface area contributed by atoms with Crippen LogP contribution < -0.4 is 0 Å². The number of ether oxygens (including phenoxy) is 1. The summed E-state index contributed by atoms with van der Waals surface area (Å²) in [5.41, 5.74) is 3.54. The monoisotopic (exact) mass is 458 g/mol. The highest BCUT2D eigenvalue weighted by Gasteiger charge is 2.24. The number of hydrogen-bond acceptors (Lipinski definition) is 4. The number of benzene rings is 2. The zero-order chi connectivity index (χ0) is 23.3. The molecule has 0 radical (unpaired) electrons. The first-order valence-electron chi connectivity index (χ1n) is 10.2. The Morgan fingerprint density at radius 3 is 2.59 bits per heavy atom. The van der Waals surface area contributed by atoms with Crippen molar-refractivity contribution in [1.82, 2.24) is 4.90 Å². The molecule has 0 spiro atoms. The predicted molar refractivity (Wildman–Crippen MR) is 124 cm³/mol. The Morgan fingerprint density at radius 2 is 1.94 bits per heavy atom. The average Bonchev–Trinajstić information content (AvgIpc) is 2.75. The highest BCUT2D eigenvalue weighted by Crippen LogP contribution is 2.29. The minimum absolute atomic E-state index is 0.232. The summed E-state index contributed by atoms with van der Waals surface area (Å²) in [6.45, 7) is 5.49. The first kappa shape index (κ1) is 23.7. The fraction of sp³-hybridized carbons (Fsp3) is 0.280. The summed E-state index contributed by atoms with van der Waals surface area (Å²) in [5.74, 6) is -2.51. The molecule has 2 aromatic carbocycles. The van der Waals surface area contributed by atoms with Crippen LogP contribution in [0.25, 0.3) is 5.70 Å². The molecular formula is C25H25ClF2N2O2. The molecule has 0 aromatic heterocycles. The van der Waals surface area contributed by atoms with E-state index >= 15 is 0 Å². The van der Waals surface area contributed by atoms with Crippen LogP contribution in [0.5, 0.6) is 0 Å². The molecule has 0 N–H and O–H groups in total. The van der Waals surface area contributed by atoms with Crippen LogP contribution in [0.2, 0.25) is 5.02 Å². The molecule has 168 valence electrons. The van der Waals surface area contributed by atoms with Crippen LogP contribution in [-0.2, 0) is 11.3 Å². The van der Waals surface area contributed by atoms with E-state index in [1.165, 1.54) is 7.11 Å². The van der Waals surface area contributed by atoms with Gasteiger partial charge in [-0.05, 0) is 49.2 Å². The Morgan fingerprint density at radius 1 is 1.22 bits per heavy atom. The summed E-state index contributed by atoms with van der Waals surface area (Å²) in [6.07, 6.45) is 2.27. The number of allylic oxidation sites excluding steroid dienone is 1. The summed E-state index contributed by atoms with van der Waals surface area (Å²) >= 11 is 5.99. The summed E-state index contributed by atoms with van der Waals surface area (Å²) in [5, 5.41) is 0.616. The molecule has 0 atom stereocenters. The van der Waals surface area contributed by atoms with Crippen LogP contribution in [-0.4, -0.2) is 29.7 Å². The fourth-order valence-corrected chi connectivity index (χ4v) is 3.57. The van der Waals surface area contributed by atoms with Crippen molar-refractivity contribution < 1.29 is 18.3 Å². The van der Waals surface area contributed by atoms with E-state index in [0.717, 1.165) is 18.1 Å². The average molecular weight is 459 g/mol. The Bertz CT molecular complexity index is 1060. The third-order valence-electron chi connectivity index (χ3n) is 5.06. The molecule has 0 aliphatic carbocycles. The topological polar surface area (TPSA) is 41.9 Å². The lowest BCUT2D eigenvalue weighted by Gasteiger charge is -2.31. The van der Waals surface area contributed by atoms with Crippen molar-refractivity contribution in [3.63, 3.8) is 0 Å². The number of hydrogen-bond donors (Lipinski definition) is 0. The Kier molecular flexibility index (Phi) is 7.46. The number of aliphatic imine (C=N–C) groups is 1. The van der Waals surface area contributed by atoms with Gasteiger partial charge in [0.15, 0.2) is 0 Å². The molecule has 0 saturated heterocycles. The summed E-state index contributed by atoms with van der Waals surface area (Å²) in [7, 11) is 1.33. The Hall–Kier alpha value is -2.99. The van der Waals surface area contributed by atoms with Crippen LogP contribution in [0.4, 0.5) is 8.78 Å². The van der Waals surface area contributed by atoms with Crippen molar-refractivity contribution in [2.24, 2.45) is 4.99 Å². The fourth-order valence-electron chi connectivity index (χ4n) is 3.44. The number of carbonyl (C=O) groups excluding carboxylic acids is 1. The smallest absolute Gasteiger partial charge is 0.337 e. The van der Waals surface area contributed by atoms with Gasteiger partial charge in [-0.15, -0.1) is 0 Å². The van der Waals surface area contributed by atoms with Crippen molar-refractivity contribution in [2.75, 3.05) is 7.11 Å². The second-order valence-corrected chi connectivity index (χ2v) is 8.19. The maximum absolute atomic E-state index is 13.4. The Balaban J connectivity index is 1.88. The second kappa shape index (κ2) is 10.1. The van der Waals surface area contributed by atoms with Gasteiger partial charge in [0.25, 0.3) is 0 Å². The van der Waals surface area contributed by atoms with Gasteiger partial charge in [-0.1, -0.05) is 42.4 Å². The largest absolute Gasteiger partial charge is 0.465 e. The van der Waals surface area contributed by atoms with Gasteiger partial charge >= 0.3 is 5.97 Å². The molecule has 0 saturated carbocycles. The van der Waals surface area contributed by atoms with Crippen LogP contribution in [0, 0.1) is 0 Å². The molecule has 1 heterocycles. The van der Waals surface area contributed by atoms with Crippen LogP contribution in [0.15, 0.2) is 71.9 Å². The number of methoxy groups -OCH3 is 1. The molecule has 1 aliphatic heterocycles. The van der Waals surface area contributed by atoms with E-state index in [-0.39, 0.29) is 12.8 Å². The van der Waals surface area contributed by atoms with Gasteiger partial charge in [-0.25, -0.2) is 18.6 Å². The number of carbonyl (C=O) groups is 1. The number of halogens is 3. The van der Waals surface area contributed by atoms with E-state index < -0.39 is 11.9 Å². The molecule has 2 aromatic rings. The number of esters is 1. The normalized spacial score (nSPS) is 14.2. The maximum atomic E-state index is 13.4. The molecule has 0 amide bonds.